The maximum atomic E-state index is 8.56. The molecule has 42 valence electrons. The third kappa shape index (κ3) is 43.9. The van der Waals surface area contributed by atoms with Gasteiger partial charge >= 0.3 is 171 Å². The summed E-state index contributed by atoms with van der Waals surface area (Å²) in [6.07, 6.45) is -1.83. The van der Waals surface area contributed by atoms with Crippen LogP contribution in [0.4, 0.5) is 4.79 Å². The first-order chi connectivity index (χ1) is 1.73. The summed E-state index contributed by atoms with van der Waals surface area (Å²) < 4.78 is 0. The fourth-order valence-electron chi connectivity index (χ4n) is 0. The van der Waals surface area contributed by atoms with Crippen LogP contribution in [0.15, 0.2) is 0 Å². The molecular formula is CH7Cs2IO3Pb. The fourth-order valence-corrected chi connectivity index (χ4v) is 0. The fraction of sp³-hybridized carbons (Fsp3) is 0. The first kappa shape index (κ1) is 29.2. The Balaban J connectivity index is -0.00000000300. The third-order valence-electron chi connectivity index (χ3n) is 0. The van der Waals surface area contributed by atoms with Crippen LogP contribution < -0.4 is 138 Å². The zero-order valence-electron chi connectivity index (χ0n) is 6.92. The van der Waals surface area contributed by atoms with E-state index in [-0.39, 0.29) is 192 Å². The van der Waals surface area contributed by atoms with Crippen molar-refractivity contribution in [2.45, 2.75) is 0 Å². The second kappa shape index (κ2) is 22.7. The van der Waals surface area contributed by atoms with E-state index in [2.05, 4.69) is 0 Å². The Morgan fingerprint density at radius 2 is 1.25 bits per heavy atom. The van der Waals surface area contributed by atoms with Crippen LogP contribution in [0, 0.1) is 0 Å². The minimum absolute atomic E-state index is 0. The molecule has 0 aliphatic heterocycles. The van der Waals surface area contributed by atoms with Gasteiger partial charge in [-0.25, -0.2) is 4.79 Å². The molecule has 7 heteroatoms. The summed E-state index contributed by atoms with van der Waals surface area (Å²) in [6.45, 7) is 0. The Hall–Kier alpha value is 5.03. The maximum absolute atomic E-state index is 8.56. The van der Waals surface area contributed by atoms with Gasteiger partial charge in [0.15, 0.2) is 0 Å². The van der Waals surface area contributed by atoms with Crippen molar-refractivity contribution in [3.8, 4) is 0 Å². The van der Waals surface area contributed by atoms with E-state index in [9.17, 15) is 0 Å². The quantitative estimate of drug-likeness (QED) is 0.200. The van der Waals surface area contributed by atoms with Crippen LogP contribution in [0.5, 0.6) is 0 Å². The Morgan fingerprint density at radius 3 is 1.25 bits per heavy atom. The average molecular weight is 667 g/mol. The van der Waals surface area contributed by atoms with E-state index in [1.165, 1.54) is 0 Å². The van der Waals surface area contributed by atoms with Crippen LogP contribution in [0.2, 0.25) is 0 Å². The molecule has 0 spiro atoms. The van der Waals surface area contributed by atoms with Gasteiger partial charge in [-0.1, -0.05) is 0 Å². The van der Waals surface area contributed by atoms with Crippen molar-refractivity contribution >= 4 is 57.4 Å². The summed E-state index contributed by atoms with van der Waals surface area (Å²) in [5, 5.41) is 13.9. The molecule has 2 N–H and O–H groups in total. The molecule has 0 saturated carbocycles. The van der Waals surface area contributed by atoms with Crippen LogP contribution >= 0.6 is 24.0 Å². The van der Waals surface area contributed by atoms with Crippen molar-refractivity contribution in [3.05, 3.63) is 0 Å². The third-order valence-corrected chi connectivity index (χ3v) is 0. The number of rotatable bonds is 0. The van der Waals surface area contributed by atoms with Crippen molar-refractivity contribution in [2.24, 2.45) is 0 Å². The van der Waals surface area contributed by atoms with Gasteiger partial charge in [-0.15, -0.1) is 24.0 Å². The molecule has 0 aromatic heterocycles. The normalized spacial score (nSPS) is 3.00. The van der Waals surface area contributed by atoms with Gasteiger partial charge in [0.25, 0.3) is 0 Å². The first-order valence-electron chi connectivity index (χ1n) is 0.651. The van der Waals surface area contributed by atoms with Crippen molar-refractivity contribution in [2.75, 3.05) is 0 Å². The van der Waals surface area contributed by atoms with E-state index in [0.29, 0.717) is 0 Å². The molecule has 0 aliphatic rings. The van der Waals surface area contributed by atoms with Gasteiger partial charge in [0.1, 0.15) is 0 Å². The van der Waals surface area contributed by atoms with Gasteiger partial charge in [0.2, 0.25) is 0 Å². The molecule has 0 bridgehead atoms. The number of carboxylic acid groups (broad SMARTS) is 2. The summed E-state index contributed by atoms with van der Waals surface area (Å²) in [4.78, 5) is 8.56. The van der Waals surface area contributed by atoms with Crippen molar-refractivity contribution < 1.29 is 156 Å². The molecule has 0 unspecified atom stereocenters. The van der Waals surface area contributed by atoms with E-state index in [0.717, 1.165) is 0 Å². The first-order valence-corrected chi connectivity index (χ1v) is 0.651. The molecule has 3 nitrogen and oxygen atoms in total. The summed E-state index contributed by atoms with van der Waals surface area (Å²) in [6, 6.07) is 0. The van der Waals surface area contributed by atoms with Gasteiger partial charge in [-0.2, -0.15) is 0 Å². The molecule has 0 fully saturated rings. The second-order valence-electron chi connectivity index (χ2n) is 0.283. The van der Waals surface area contributed by atoms with Crippen LogP contribution in [0.1, 0.15) is 2.85 Å². The molecule has 0 aliphatic carbocycles. The molecule has 0 heterocycles. The summed E-state index contributed by atoms with van der Waals surface area (Å²) in [7, 11) is 0. The summed E-state index contributed by atoms with van der Waals surface area (Å²) >= 11 is 0. The van der Waals surface area contributed by atoms with E-state index >= 15 is 0 Å². The molecule has 0 rings (SSSR count). The SMILES string of the molecule is I.O=C(O)O.[Cs+].[Cs+].[H-].[H-].[PbH2]. The number of hydrogen-bond acceptors (Lipinski definition) is 1. The van der Waals surface area contributed by atoms with Crippen LogP contribution in [0.3, 0.4) is 0 Å². The zero-order valence-corrected chi connectivity index (χ0v) is 25.3. The second-order valence-corrected chi connectivity index (χ2v) is 0.283. The molecule has 0 aromatic rings. The predicted molar refractivity (Wildman–Crippen MR) is 36.8 cm³/mol. The monoisotopic (exact) mass is 668 g/mol. The minimum atomic E-state index is -1.83. The Kier molecular flexibility index (Phi) is 83.0. The summed E-state index contributed by atoms with van der Waals surface area (Å²) in [5.41, 5.74) is 0. The molecular weight excluding hydrogens is 660 g/mol. The summed E-state index contributed by atoms with van der Waals surface area (Å²) in [5.74, 6) is 0. The molecule has 0 atom stereocenters. The van der Waals surface area contributed by atoms with Gasteiger partial charge in [0, 0.05) is 0 Å². The zero-order chi connectivity index (χ0) is 3.58. The van der Waals surface area contributed by atoms with Crippen molar-refractivity contribution in [1.82, 2.24) is 0 Å². The standard InChI is InChI=1S/CH2O3.2Cs.HI.Pb.4H/c2-1(3)4;;;;;;;;/h(H2,2,3,4);;;1H;;;;;/q;2*+1;;;;;2*-1. The van der Waals surface area contributed by atoms with E-state index in [1.807, 2.05) is 0 Å². The number of halogens is 1. The number of carbonyl (C=O) groups is 1. The van der Waals surface area contributed by atoms with E-state index in [1.54, 1.807) is 0 Å². The number of hydrogen-bond donors (Lipinski definition) is 2. The van der Waals surface area contributed by atoms with Crippen molar-refractivity contribution in [1.29, 1.82) is 0 Å². The molecule has 0 aromatic carbocycles. The van der Waals surface area contributed by atoms with Gasteiger partial charge in [-0.3, -0.25) is 0 Å². The molecule has 2 radical (unpaired) electrons. The van der Waals surface area contributed by atoms with Gasteiger partial charge in [-0.05, 0) is 0 Å². The average Bonchev–Trinajstić information content (AvgIpc) is 0.811. The van der Waals surface area contributed by atoms with E-state index < -0.39 is 6.16 Å². The predicted octanol–water partition coefficient (Wildman–Crippen LogP) is -5.84. The van der Waals surface area contributed by atoms with Crippen molar-refractivity contribution in [3.63, 3.8) is 0 Å². The van der Waals surface area contributed by atoms with Gasteiger partial charge in [0.05, 0.1) is 0 Å². The molecule has 8 heavy (non-hydrogen) atoms. The van der Waals surface area contributed by atoms with E-state index in [4.69, 9.17) is 15.0 Å². The van der Waals surface area contributed by atoms with Crippen LogP contribution in [0.25, 0.3) is 0 Å². The van der Waals surface area contributed by atoms with Crippen LogP contribution in [-0.2, 0) is 0 Å². The molecule has 0 amide bonds. The Bertz CT molecular complexity index is 47.5. The van der Waals surface area contributed by atoms with Gasteiger partial charge < -0.3 is 13.1 Å². The van der Waals surface area contributed by atoms with Crippen LogP contribution in [-0.4, -0.2) is 43.7 Å². The Labute approximate surface area is 205 Å². The topological polar surface area (TPSA) is 57.5 Å². The molecule has 0 saturated heterocycles. The Morgan fingerprint density at radius 1 is 1.25 bits per heavy atom.